The Labute approximate surface area is 152 Å². The summed E-state index contributed by atoms with van der Waals surface area (Å²) in [6.45, 7) is 11.2. The monoisotopic (exact) mass is 365 g/mol. The molecule has 0 radical (unpaired) electrons. The zero-order chi connectivity index (χ0) is 16.4. The third-order valence-corrected chi connectivity index (χ3v) is 5.20. The quantitative estimate of drug-likeness (QED) is 0.724. The van der Waals surface area contributed by atoms with Crippen LogP contribution in [0.3, 0.4) is 0 Å². The Kier molecular flexibility index (Phi) is 6.32. The lowest BCUT2D eigenvalue weighted by atomic mass is 10.1. The van der Waals surface area contributed by atoms with Crippen molar-refractivity contribution >= 4 is 34.0 Å². The molecule has 0 aliphatic heterocycles. The fourth-order valence-electron chi connectivity index (χ4n) is 2.91. The summed E-state index contributed by atoms with van der Waals surface area (Å²) in [7, 11) is 0. The number of thiophene rings is 1. The molecule has 0 aliphatic carbocycles. The van der Waals surface area contributed by atoms with Crippen molar-refractivity contribution in [3.05, 3.63) is 40.4 Å². The summed E-state index contributed by atoms with van der Waals surface area (Å²) in [5.74, 6) is 1.39. The maximum atomic E-state index is 4.58. The minimum atomic E-state index is 0. The van der Waals surface area contributed by atoms with Gasteiger partial charge >= 0.3 is 0 Å². The molecule has 0 fully saturated rings. The van der Waals surface area contributed by atoms with E-state index in [0.29, 0.717) is 5.92 Å². The molecule has 5 nitrogen and oxygen atoms in total. The molecule has 0 spiro atoms. The highest BCUT2D eigenvalue weighted by Gasteiger charge is 2.13. The van der Waals surface area contributed by atoms with Gasteiger partial charge in [0.1, 0.15) is 10.7 Å². The van der Waals surface area contributed by atoms with E-state index in [0.717, 1.165) is 36.0 Å². The number of halogens is 1. The van der Waals surface area contributed by atoms with Gasteiger partial charge in [-0.2, -0.15) is 5.10 Å². The first-order valence-corrected chi connectivity index (χ1v) is 8.77. The minimum Gasteiger partial charge on any atom is -0.312 e. The molecule has 3 heterocycles. The Morgan fingerprint density at radius 3 is 2.75 bits per heavy atom. The van der Waals surface area contributed by atoms with E-state index in [1.165, 1.54) is 15.8 Å². The van der Waals surface area contributed by atoms with Crippen molar-refractivity contribution < 1.29 is 0 Å². The molecule has 1 unspecified atom stereocenters. The van der Waals surface area contributed by atoms with E-state index in [-0.39, 0.29) is 12.4 Å². The van der Waals surface area contributed by atoms with Crippen LogP contribution in [0, 0.1) is 26.7 Å². The largest absolute Gasteiger partial charge is 0.312 e. The van der Waals surface area contributed by atoms with Crippen molar-refractivity contribution in [1.82, 2.24) is 25.1 Å². The molecule has 0 aliphatic rings. The summed E-state index contributed by atoms with van der Waals surface area (Å²) >= 11 is 1.78. The predicted molar refractivity (Wildman–Crippen MR) is 102 cm³/mol. The lowest BCUT2D eigenvalue weighted by Crippen LogP contribution is -2.23. The number of hydrogen-bond donors (Lipinski definition) is 1. The van der Waals surface area contributed by atoms with Crippen molar-refractivity contribution in [3.8, 4) is 0 Å². The third-order valence-electron chi connectivity index (χ3n) is 4.02. The third kappa shape index (κ3) is 4.12. The van der Waals surface area contributed by atoms with Gasteiger partial charge in [0.05, 0.1) is 0 Å². The van der Waals surface area contributed by atoms with Gasteiger partial charge in [-0.1, -0.05) is 6.92 Å². The number of hydrogen-bond acceptors (Lipinski definition) is 5. The fraction of sp³-hybridized carbons (Fsp3) is 0.471. The molecule has 0 amide bonds. The van der Waals surface area contributed by atoms with E-state index < -0.39 is 0 Å². The van der Waals surface area contributed by atoms with E-state index in [4.69, 9.17) is 0 Å². The Hall–Kier alpha value is -1.50. The van der Waals surface area contributed by atoms with Crippen LogP contribution in [-0.4, -0.2) is 26.3 Å². The highest BCUT2D eigenvalue weighted by molar-refractivity contribution is 7.18. The lowest BCUT2D eigenvalue weighted by Gasteiger charge is -2.12. The molecular weight excluding hydrogens is 342 g/mol. The van der Waals surface area contributed by atoms with Crippen molar-refractivity contribution in [2.75, 3.05) is 6.54 Å². The van der Waals surface area contributed by atoms with Gasteiger partial charge in [-0.25, -0.2) is 9.97 Å². The molecule has 0 aromatic carbocycles. The van der Waals surface area contributed by atoms with Crippen LogP contribution in [-0.2, 0) is 13.1 Å². The lowest BCUT2D eigenvalue weighted by molar-refractivity contribution is 0.422. The number of nitrogens with one attached hydrogen (secondary N) is 1. The second-order valence-corrected chi connectivity index (χ2v) is 7.23. The van der Waals surface area contributed by atoms with Crippen LogP contribution in [0.1, 0.15) is 28.9 Å². The summed E-state index contributed by atoms with van der Waals surface area (Å²) in [5.41, 5.74) is 2.40. The Morgan fingerprint density at radius 1 is 1.25 bits per heavy atom. The van der Waals surface area contributed by atoms with Gasteiger partial charge in [0.2, 0.25) is 0 Å². The summed E-state index contributed by atoms with van der Waals surface area (Å²) in [4.78, 5) is 11.5. The molecule has 0 saturated carbocycles. The van der Waals surface area contributed by atoms with E-state index in [2.05, 4.69) is 41.2 Å². The molecule has 1 atom stereocenters. The molecule has 7 heteroatoms. The SMILES string of the molecule is Cc1nc(C)c2c(C)c(CNCC(C)Cn3cccn3)sc2n1.Cl. The van der Waals surface area contributed by atoms with Gasteiger partial charge in [0.25, 0.3) is 0 Å². The zero-order valence-corrected chi connectivity index (χ0v) is 16.2. The second-order valence-electron chi connectivity index (χ2n) is 6.15. The zero-order valence-electron chi connectivity index (χ0n) is 14.5. The summed E-state index contributed by atoms with van der Waals surface area (Å²) in [6.07, 6.45) is 3.84. The molecule has 130 valence electrons. The summed E-state index contributed by atoms with van der Waals surface area (Å²) in [6, 6.07) is 1.96. The highest BCUT2D eigenvalue weighted by atomic mass is 35.5. The van der Waals surface area contributed by atoms with Gasteiger partial charge in [-0.05, 0) is 44.9 Å². The summed E-state index contributed by atoms with van der Waals surface area (Å²) in [5, 5.41) is 9.05. The number of aryl methyl sites for hydroxylation is 3. The second kappa shape index (κ2) is 8.05. The van der Waals surface area contributed by atoms with Crippen LogP contribution in [0.15, 0.2) is 18.5 Å². The smallest absolute Gasteiger partial charge is 0.127 e. The van der Waals surface area contributed by atoms with E-state index in [1.54, 1.807) is 11.3 Å². The maximum Gasteiger partial charge on any atom is 0.127 e. The first kappa shape index (κ1) is 18.8. The van der Waals surface area contributed by atoms with Gasteiger partial charge in [-0.3, -0.25) is 4.68 Å². The van der Waals surface area contributed by atoms with Crippen molar-refractivity contribution in [1.29, 1.82) is 0 Å². The first-order valence-electron chi connectivity index (χ1n) is 7.96. The van der Waals surface area contributed by atoms with Crippen LogP contribution in [0.2, 0.25) is 0 Å². The molecule has 24 heavy (non-hydrogen) atoms. The van der Waals surface area contributed by atoms with E-state index in [1.807, 2.05) is 30.1 Å². The molecule has 3 rings (SSSR count). The fourth-order valence-corrected chi connectivity index (χ4v) is 4.16. The van der Waals surface area contributed by atoms with Crippen LogP contribution in [0.5, 0.6) is 0 Å². The molecule has 3 aromatic heterocycles. The number of aromatic nitrogens is 4. The topological polar surface area (TPSA) is 55.6 Å². The van der Waals surface area contributed by atoms with Crippen LogP contribution in [0.25, 0.3) is 10.2 Å². The molecule has 3 aromatic rings. The Balaban J connectivity index is 0.00000208. The summed E-state index contributed by atoms with van der Waals surface area (Å²) < 4.78 is 1.98. The van der Waals surface area contributed by atoms with Gasteiger partial charge in [0.15, 0.2) is 0 Å². The minimum absolute atomic E-state index is 0. The Bertz CT molecular complexity index is 797. The normalized spacial score (nSPS) is 12.3. The van der Waals surface area contributed by atoms with Crippen LogP contribution >= 0.6 is 23.7 Å². The number of rotatable bonds is 6. The number of nitrogens with zero attached hydrogens (tertiary/aromatic N) is 4. The highest BCUT2D eigenvalue weighted by Crippen LogP contribution is 2.31. The van der Waals surface area contributed by atoms with Crippen LogP contribution in [0.4, 0.5) is 0 Å². The first-order chi connectivity index (χ1) is 11.0. The van der Waals surface area contributed by atoms with E-state index in [9.17, 15) is 0 Å². The van der Waals surface area contributed by atoms with Gasteiger partial charge in [0, 0.05) is 41.4 Å². The standard InChI is InChI=1S/C17H23N5S.ClH/c1-11(10-22-7-5-6-19-22)8-18-9-15-12(2)16-13(3)20-14(4)21-17(16)23-15;/h5-7,11,18H,8-10H2,1-4H3;1H. The molecule has 1 N–H and O–H groups in total. The van der Waals surface area contributed by atoms with Crippen molar-refractivity contribution in [2.45, 2.75) is 40.8 Å². The average Bonchev–Trinajstić information content (AvgIpc) is 3.07. The average molecular weight is 366 g/mol. The molecule has 0 saturated heterocycles. The predicted octanol–water partition coefficient (Wildman–Crippen LogP) is 3.66. The molecule has 0 bridgehead atoms. The van der Waals surface area contributed by atoms with Gasteiger partial charge < -0.3 is 5.32 Å². The van der Waals surface area contributed by atoms with Crippen LogP contribution < -0.4 is 5.32 Å². The van der Waals surface area contributed by atoms with Crippen molar-refractivity contribution in [3.63, 3.8) is 0 Å². The Morgan fingerprint density at radius 2 is 2.04 bits per heavy atom. The molecular formula is C17H24ClN5S. The number of fused-ring (bicyclic) bond motifs is 1. The van der Waals surface area contributed by atoms with E-state index >= 15 is 0 Å². The maximum absolute atomic E-state index is 4.58. The van der Waals surface area contributed by atoms with Gasteiger partial charge in [-0.15, -0.1) is 23.7 Å². The van der Waals surface area contributed by atoms with Crippen molar-refractivity contribution in [2.24, 2.45) is 5.92 Å².